The third kappa shape index (κ3) is 3.79. The van der Waals surface area contributed by atoms with Gasteiger partial charge in [0.1, 0.15) is 12.2 Å². The van der Waals surface area contributed by atoms with Gasteiger partial charge < -0.3 is 10.0 Å². The van der Waals surface area contributed by atoms with Crippen LogP contribution >= 0.6 is 0 Å². The topological polar surface area (TPSA) is 105 Å². The number of sulfone groups is 1. The van der Waals surface area contributed by atoms with Crippen LogP contribution in [0, 0.1) is 0 Å². The third-order valence-electron chi connectivity index (χ3n) is 3.73. The fourth-order valence-corrected chi connectivity index (χ4v) is 4.06. The van der Waals surface area contributed by atoms with Crippen molar-refractivity contribution in [2.24, 2.45) is 0 Å². The van der Waals surface area contributed by atoms with Crippen LogP contribution in [0.3, 0.4) is 0 Å². The van der Waals surface area contributed by atoms with Gasteiger partial charge >= 0.3 is 0 Å². The first-order valence-electron chi connectivity index (χ1n) is 6.86. The lowest BCUT2D eigenvalue weighted by Gasteiger charge is -2.23. The average molecular weight is 316 g/mol. The molecule has 0 aliphatic carbocycles. The van der Waals surface area contributed by atoms with Crippen LogP contribution in [0.1, 0.15) is 31.6 Å². The van der Waals surface area contributed by atoms with Crippen LogP contribution in [0.25, 0.3) is 0 Å². The lowest BCUT2D eigenvalue weighted by molar-refractivity contribution is -0.132. The predicted octanol–water partition coefficient (Wildman–Crippen LogP) is -0.633. The van der Waals surface area contributed by atoms with Crippen molar-refractivity contribution in [3.05, 3.63) is 11.9 Å². The summed E-state index contributed by atoms with van der Waals surface area (Å²) in [6.45, 7) is 1.81. The first-order valence-corrected chi connectivity index (χ1v) is 8.68. The largest absolute Gasteiger partial charge is 0.387 e. The summed E-state index contributed by atoms with van der Waals surface area (Å²) in [5, 5.41) is 17.3. The van der Waals surface area contributed by atoms with Crippen molar-refractivity contribution >= 4 is 15.7 Å². The van der Waals surface area contributed by atoms with Gasteiger partial charge in [-0.05, 0) is 12.8 Å². The first-order chi connectivity index (χ1) is 9.82. The van der Waals surface area contributed by atoms with Crippen molar-refractivity contribution < 1.29 is 18.3 Å². The number of carbonyl (C=O) groups is 1. The van der Waals surface area contributed by atoms with E-state index in [0.29, 0.717) is 18.5 Å². The molecule has 118 valence electrons. The molecule has 0 aromatic carbocycles. The second-order valence-electron chi connectivity index (χ2n) is 5.33. The minimum absolute atomic E-state index is 0.0174. The van der Waals surface area contributed by atoms with Crippen molar-refractivity contribution in [2.45, 2.75) is 38.5 Å². The zero-order valence-corrected chi connectivity index (χ0v) is 13.0. The van der Waals surface area contributed by atoms with Crippen molar-refractivity contribution in [1.82, 2.24) is 19.9 Å². The highest BCUT2D eigenvalue weighted by molar-refractivity contribution is 7.91. The van der Waals surface area contributed by atoms with Crippen LogP contribution in [0.15, 0.2) is 6.20 Å². The smallest absolute Gasteiger partial charge is 0.244 e. The normalized spacial score (nSPS) is 22.1. The van der Waals surface area contributed by atoms with Crippen LogP contribution < -0.4 is 0 Å². The van der Waals surface area contributed by atoms with E-state index in [-0.39, 0.29) is 30.0 Å². The highest BCUT2D eigenvalue weighted by Crippen LogP contribution is 2.17. The Hall–Kier alpha value is -1.48. The summed E-state index contributed by atoms with van der Waals surface area (Å²) in [7, 11) is -1.42. The molecule has 2 heterocycles. The molecule has 0 bridgehead atoms. The Balaban J connectivity index is 1.96. The SMILES string of the molecule is CCC(O)c1cn(CC(=O)N(C)C2CCS(=O)(=O)C2)nn1. The number of carbonyl (C=O) groups excluding carboxylic acids is 1. The molecule has 0 radical (unpaired) electrons. The molecule has 1 N–H and O–H groups in total. The summed E-state index contributed by atoms with van der Waals surface area (Å²) in [6, 6.07) is -0.272. The van der Waals surface area contributed by atoms with Gasteiger partial charge in [-0.2, -0.15) is 0 Å². The maximum Gasteiger partial charge on any atom is 0.244 e. The summed E-state index contributed by atoms with van der Waals surface area (Å²) in [6.07, 6.45) is 1.84. The van der Waals surface area contributed by atoms with Gasteiger partial charge in [0.05, 0.1) is 23.8 Å². The van der Waals surface area contributed by atoms with Crippen LogP contribution in [-0.2, 0) is 21.2 Å². The molecule has 1 aliphatic rings. The Bertz CT molecular complexity index is 613. The molecule has 2 unspecified atom stereocenters. The number of aliphatic hydroxyl groups is 1. The molecule has 2 atom stereocenters. The van der Waals surface area contributed by atoms with E-state index in [1.165, 1.54) is 15.8 Å². The second-order valence-corrected chi connectivity index (χ2v) is 7.56. The molecule has 1 fully saturated rings. The van der Waals surface area contributed by atoms with Gasteiger partial charge in [-0.3, -0.25) is 4.79 Å². The van der Waals surface area contributed by atoms with Crippen LogP contribution in [0.4, 0.5) is 0 Å². The lowest BCUT2D eigenvalue weighted by Crippen LogP contribution is -2.39. The maximum absolute atomic E-state index is 12.1. The molecule has 21 heavy (non-hydrogen) atoms. The van der Waals surface area contributed by atoms with E-state index in [2.05, 4.69) is 10.3 Å². The van der Waals surface area contributed by atoms with Crippen molar-refractivity contribution in [2.75, 3.05) is 18.6 Å². The maximum atomic E-state index is 12.1. The Morgan fingerprint density at radius 2 is 2.33 bits per heavy atom. The first kappa shape index (κ1) is 15.9. The van der Waals surface area contributed by atoms with Gasteiger partial charge in [0.15, 0.2) is 9.84 Å². The minimum Gasteiger partial charge on any atom is -0.387 e. The number of aromatic nitrogens is 3. The van der Waals surface area contributed by atoms with Gasteiger partial charge in [0.2, 0.25) is 5.91 Å². The Morgan fingerprint density at radius 1 is 1.62 bits per heavy atom. The number of likely N-dealkylation sites (N-methyl/N-ethyl adjacent to an activating group) is 1. The second kappa shape index (κ2) is 6.10. The molecule has 0 spiro atoms. The number of rotatable bonds is 5. The molecule has 8 nitrogen and oxygen atoms in total. The number of hydrogen-bond donors (Lipinski definition) is 1. The molecule has 9 heteroatoms. The van der Waals surface area contributed by atoms with Crippen molar-refractivity contribution in [3.8, 4) is 0 Å². The molecule has 1 saturated heterocycles. The number of nitrogens with zero attached hydrogens (tertiary/aromatic N) is 4. The van der Waals surface area contributed by atoms with E-state index in [9.17, 15) is 18.3 Å². The number of aliphatic hydroxyl groups excluding tert-OH is 1. The number of amides is 1. The molecule has 0 saturated carbocycles. The van der Waals surface area contributed by atoms with Crippen molar-refractivity contribution in [1.29, 1.82) is 0 Å². The van der Waals surface area contributed by atoms with E-state index >= 15 is 0 Å². The van der Waals surface area contributed by atoms with Crippen molar-refractivity contribution in [3.63, 3.8) is 0 Å². The van der Waals surface area contributed by atoms with Gasteiger partial charge in [0.25, 0.3) is 0 Å². The highest BCUT2D eigenvalue weighted by atomic mass is 32.2. The van der Waals surface area contributed by atoms with Crippen LogP contribution in [-0.4, -0.2) is 63.9 Å². The Kier molecular flexibility index (Phi) is 4.62. The molecular weight excluding hydrogens is 296 g/mol. The average Bonchev–Trinajstić information content (AvgIpc) is 3.03. The quantitative estimate of drug-likeness (QED) is 0.775. The summed E-state index contributed by atoms with van der Waals surface area (Å²) < 4.78 is 24.2. The Morgan fingerprint density at radius 3 is 2.90 bits per heavy atom. The Labute approximate surface area is 123 Å². The van der Waals surface area contributed by atoms with E-state index in [0.717, 1.165) is 0 Å². The van der Waals surface area contributed by atoms with Gasteiger partial charge in [-0.15, -0.1) is 5.10 Å². The monoisotopic (exact) mass is 316 g/mol. The van der Waals surface area contributed by atoms with Crippen LogP contribution in [0.2, 0.25) is 0 Å². The van der Waals surface area contributed by atoms with E-state index in [1.807, 2.05) is 6.92 Å². The summed E-state index contributed by atoms with van der Waals surface area (Å²) in [5.41, 5.74) is 0.427. The number of hydrogen-bond acceptors (Lipinski definition) is 6. The molecule has 1 aliphatic heterocycles. The summed E-state index contributed by atoms with van der Waals surface area (Å²) in [4.78, 5) is 13.6. The van der Waals surface area contributed by atoms with Gasteiger partial charge in [-0.25, -0.2) is 13.1 Å². The lowest BCUT2D eigenvalue weighted by atomic mass is 10.2. The van der Waals surface area contributed by atoms with E-state index in [1.54, 1.807) is 7.05 Å². The van der Waals surface area contributed by atoms with Gasteiger partial charge in [-0.1, -0.05) is 12.1 Å². The summed E-state index contributed by atoms with van der Waals surface area (Å²) >= 11 is 0. The predicted molar refractivity (Wildman–Crippen MR) is 75.1 cm³/mol. The zero-order chi connectivity index (χ0) is 15.6. The highest BCUT2D eigenvalue weighted by Gasteiger charge is 2.32. The van der Waals surface area contributed by atoms with Gasteiger partial charge in [0, 0.05) is 13.1 Å². The molecule has 1 amide bonds. The zero-order valence-electron chi connectivity index (χ0n) is 12.1. The molecule has 2 rings (SSSR count). The minimum atomic E-state index is -3.02. The summed E-state index contributed by atoms with van der Waals surface area (Å²) in [5.74, 6) is -0.0720. The van der Waals surface area contributed by atoms with Crippen LogP contribution in [0.5, 0.6) is 0 Å². The molecular formula is C12H20N4O4S. The molecule has 1 aromatic rings. The van der Waals surface area contributed by atoms with E-state index in [4.69, 9.17) is 0 Å². The fourth-order valence-electron chi connectivity index (χ4n) is 2.29. The standard InChI is InChI=1S/C12H20N4O4S/c1-3-11(17)10-6-16(14-13-10)7-12(18)15(2)9-4-5-21(19,20)8-9/h6,9,11,17H,3-5,7-8H2,1-2H3. The third-order valence-corrected chi connectivity index (χ3v) is 5.48. The van der Waals surface area contributed by atoms with E-state index < -0.39 is 15.9 Å². The molecule has 1 aromatic heterocycles. The fraction of sp³-hybridized carbons (Fsp3) is 0.750.